The molecule has 2 heterocycles. The highest BCUT2D eigenvalue weighted by Gasteiger charge is 2.17. The second-order valence-electron chi connectivity index (χ2n) is 4.39. The third-order valence-electron chi connectivity index (χ3n) is 3.03. The van der Waals surface area contributed by atoms with Crippen LogP contribution in [0.3, 0.4) is 0 Å². The van der Waals surface area contributed by atoms with Crippen LogP contribution in [0, 0.1) is 0 Å². The molecule has 1 amide bonds. The molecule has 6 heteroatoms. The summed E-state index contributed by atoms with van der Waals surface area (Å²) in [7, 11) is 0. The second-order valence-corrected chi connectivity index (χ2v) is 4.39. The molecule has 17 heavy (non-hydrogen) atoms. The number of amides is 1. The molecular weight excluding hydrogens is 222 g/mol. The molecule has 0 aromatic carbocycles. The van der Waals surface area contributed by atoms with E-state index in [1.807, 2.05) is 5.01 Å². The molecule has 0 unspecified atom stereocenters. The molecule has 2 N–H and O–H groups in total. The molecular formula is C11H21N3O3. The predicted molar refractivity (Wildman–Crippen MR) is 62.4 cm³/mol. The van der Waals surface area contributed by atoms with E-state index in [1.165, 1.54) is 0 Å². The van der Waals surface area contributed by atoms with Gasteiger partial charge in [0.25, 0.3) is 5.91 Å². The molecule has 0 aromatic heterocycles. The standard InChI is InChI=1S/C11H21N3O3/c15-11(13-14-5-7-16-8-6-14)9-17-10-1-3-12-4-2-10/h10,12H,1-9H2,(H,13,15). The number of nitrogens with one attached hydrogen (secondary N) is 2. The van der Waals surface area contributed by atoms with Crippen molar-refractivity contribution in [3.63, 3.8) is 0 Å². The molecule has 0 saturated carbocycles. The minimum absolute atomic E-state index is 0.0644. The number of carbonyl (C=O) groups excluding carboxylic acids is 1. The fourth-order valence-corrected chi connectivity index (χ4v) is 2.04. The van der Waals surface area contributed by atoms with E-state index in [4.69, 9.17) is 9.47 Å². The van der Waals surface area contributed by atoms with Crippen LogP contribution in [0.4, 0.5) is 0 Å². The van der Waals surface area contributed by atoms with Gasteiger partial charge in [-0.1, -0.05) is 0 Å². The van der Waals surface area contributed by atoms with Crippen molar-refractivity contribution >= 4 is 5.91 Å². The molecule has 98 valence electrons. The van der Waals surface area contributed by atoms with Gasteiger partial charge in [0.15, 0.2) is 0 Å². The molecule has 0 bridgehead atoms. The van der Waals surface area contributed by atoms with Crippen LogP contribution in [0.25, 0.3) is 0 Å². The first-order valence-electron chi connectivity index (χ1n) is 6.29. The molecule has 2 rings (SSSR count). The Morgan fingerprint density at radius 2 is 2.06 bits per heavy atom. The van der Waals surface area contributed by atoms with Crippen LogP contribution >= 0.6 is 0 Å². The lowest BCUT2D eigenvalue weighted by molar-refractivity contribution is -0.135. The second kappa shape index (κ2) is 6.90. The van der Waals surface area contributed by atoms with Gasteiger partial charge in [0, 0.05) is 13.1 Å². The number of hydrogen-bond acceptors (Lipinski definition) is 5. The summed E-state index contributed by atoms with van der Waals surface area (Å²) in [5.41, 5.74) is 2.83. The summed E-state index contributed by atoms with van der Waals surface area (Å²) in [4.78, 5) is 11.6. The molecule has 0 radical (unpaired) electrons. The van der Waals surface area contributed by atoms with Crippen LogP contribution in [-0.2, 0) is 14.3 Å². The summed E-state index contributed by atoms with van der Waals surface area (Å²) in [6.07, 6.45) is 2.21. The smallest absolute Gasteiger partial charge is 0.260 e. The van der Waals surface area contributed by atoms with Crippen molar-refractivity contribution in [2.45, 2.75) is 18.9 Å². The highest BCUT2D eigenvalue weighted by Crippen LogP contribution is 2.06. The Labute approximate surface area is 102 Å². The quantitative estimate of drug-likeness (QED) is 0.671. The van der Waals surface area contributed by atoms with Gasteiger partial charge >= 0.3 is 0 Å². The minimum Gasteiger partial charge on any atom is -0.379 e. The van der Waals surface area contributed by atoms with Crippen molar-refractivity contribution in [1.82, 2.24) is 15.8 Å². The highest BCUT2D eigenvalue weighted by molar-refractivity contribution is 5.76. The van der Waals surface area contributed by atoms with Crippen molar-refractivity contribution in [1.29, 1.82) is 0 Å². The molecule has 2 aliphatic rings. The van der Waals surface area contributed by atoms with Gasteiger partial charge in [-0.3, -0.25) is 10.2 Å². The summed E-state index contributed by atoms with van der Waals surface area (Å²) in [5.74, 6) is -0.0644. The van der Waals surface area contributed by atoms with Crippen molar-refractivity contribution in [3.8, 4) is 0 Å². The Balaban J connectivity index is 1.59. The largest absolute Gasteiger partial charge is 0.379 e. The third-order valence-corrected chi connectivity index (χ3v) is 3.03. The van der Waals surface area contributed by atoms with Crippen molar-refractivity contribution in [3.05, 3.63) is 0 Å². The van der Waals surface area contributed by atoms with E-state index in [-0.39, 0.29) is 18.6 Å². The first kappa shape index (κ1) is 12.8. The Hall–Kier alpha value is -0.690. The van der Waals surface area contributed by atoms with Gasteiger partial charge in [0.05, 0.1) is 19.3 Å². The fourth-order valence-electron chi connectivity index (χ4n) is 2.04. The van der Waals surface area contributed by atoms with E-state index in [9.17, 15) is 4.79 Å². The van der Waals surface area contributed by atoms with E-state index in [1.54, 1.807) is 0 Å². The number of morpholine rings is 1. The normalized spacial score (nSPS) is 23.5. The number of nitrogens with zero attached hydrogens (tertiary/aromatic N) is 1. The lowest BCUT2D eigenvalue weighted by Gasteiger charge is -2.27. The molecule has 2 saturated heterocycles. The SMILES string of the molecule is O=C(COC1CCNCC1)NN1CCOCC1. The Kier molecular flexibility index (Phi) is 5.18. The number of rotatable bonds is 4. The number of piperidine rings is 1. The van der Waals surface area contributed by atoms with Gasteiger partial charge in [-0.25, -0.2) is 5.01 Å². The third kappa shape index (κ3) is 4.59. The van der Waals surface area contributed by atoms with Gasteiger partial charge in [0.2, 0.25) is 0 Å². The summed E-state index contributed by atoms with van der Waals surface area (Å²) in [5, 5.41) is 5.15. The lowest BCUT2D eigenvalue weighted by atomic mass is 10.1. The average Bonchev–Trinajstić information content (AvgIpc) is 2.39. The summed E-state index contributed by atoms with van der Waals surface area (Å²) in [6, 6.07) is 0. The molecule has 0 aromatic rings. The Morgan fingerprint density at radius 1 is 1.35 bits per heavy atom. The van der Waals surface area contributed by atoms with Gasteiger partial charge in [-0.05, 0) is 25.9 Å². The van der Waals surface area contributed by atoms with Gasteiger partial charge in [-0.2, -0.15) is 0 Å². The van der Waals surface area contributed by atoms with Crippen LogP contribution in [-0.4, -0.2) is 63.0 Å². The van der Waals surface area contributed by atoms with Crippen LogP contribution in [0.5, 0.6) is 0 Å². The monoisotopic (exact) mass is 243 g/mol. The summed E-state index contributed by atoms with van der Waals surface area (Å²) >= 11 is 0. The zero-order valence-electron chi connectivity index (χ0n) is 10.1. The molecule has 0 aliphatic carbocycles. The Bertz CT molecular complexity index is 238. The maximum absolute atomic E-state index is 11.6. The molecule has 2 aliphatic heterocycles. The zero-order valence-corrected chi connectivity index (χ0v) is 10.1. The Morgan fingerprint density at radius 3 is 2.76 bits per heavy atom. The van der Waals surface area contributed by atoms with E-state index in [0.29, 0.717) is 13.2 Å². The highest BCUT2D eigenvalue weighted by atomic mass is 16.5. The topological polar surface area (TPSA) is 62.8 Å². The van der Waals surface area contributed by atoms with Gasteiger partial charge in [0.1, 0.15) is 6.61 Å². The van der Waals surface area contributed by atoms with E-state index < -0.39 is 0 Å². The number of hydrazine groups is 1. The van der Waals surface area contributed by atoms with Crippen LogP contribution < -0.4 is 10.7 Å². The number of hydrogen-bond donors (Lipinski definition) is 2. The first-order valence-corrected chi connectivity index (χ1v) is 6.29. The van der Waals surface area contributed by atoms with E-state index in [0.717, 1.165) is 39.0 Å². The van der Waals surface area contributed by atoms with Crippen LogP contribution in [0.2, 0.25) is 0 Å². The van der Waals surface area contributed by atoms with E-state index in [2.05, 4.69) is 10.7 Å². The molecule has 2 fully saturated rings. The van der Waals surface area contributed by atoms with Crippen LogP contribution in [0.15, 0.2) is 0 Å². The zero-order chi connectivity index (χ0) is 11.9. The predicted octanol–water partition coefficient (Wildman–Crippen LogP) is -0.882. The summed E-state index contributed by atoms with van der Waals surface area (Å²) in [6.45, 7) is 4.97. The molecule has 6 nitrogen and oxygen atoms in total. The van der Waals surface area contributed by atoms with Crippen molar-refractivity contribution < 1.29 is 14.3 Å². The lowest BCUT2D eigenvalue weighted by Crippen LogP contribution is -2.49. The van der Waals surface area contributed by atoms with Crippen molar-refractivity contribution in [2.24, 2.45) is 0 Å². The average molecular weight is 243 g/mol. The minimum atomic E-state index is -0.0644. The van der Waals surface area contributed by atoms with E-state index >= 15 is 0 Å². The van der Waals surface area contributed by atoms with Gasteiger partial charge < -0.3 is 14.8 Å². The van der Waals surface area contributed by atoms with Crippen LogP contribution in [0.1, 0.15) is 12.8 Å². The number of ether oxygens (including phenoxy) is 2. The fraction of sp³-hybridized carbons (Fsp3) is 0.909. The maximum atomic E-state index is 11.6. The maximum Gasteiger partial charge on any atom is 0.260 e. The molecule has 0 spiro atoms. The first-order chi connectivity index (χ1) is 8.34. The molecule has 0 atom stereocenters. The van der Waals surface area contributed by atoms with Gasteiger partial charge in [-0.15, -0.1) is 0 Å². The summed E-state index contributed by atoms with van der Waals surface area (Å²) < 4.78 is 10.8. The van der Waals surface area contributed by atoms with Crippen molar-refractivity contribution in [2.75, 3.05) is 46.0 Å². The number of carbonyl (C=O) groups is 1.